The van der Waals surface area contributed by atoms with Gasteiger partial charge in [0.05, 0.1) is 12.0 Å². The van der Waals surface area contributed by atoms with Gasteiger partial charge in [0.25, 0.3) is 0 Å². The molecule has 1 saturated heterocycles. The van der Waals surface area contributed by atoms with E-state index in [1.807, 2.05) is 6.92 Å². The second-order valence-electron chi connectivity index (χ2n) is 4.29. The molecule has 1 aliphatic rings. The van der Waals surface area contributed by atoms with Crippen molar-refractivity contribution in [2.45, 2.75) is 33.1 Å². The van der Waals surface area contributed by atoms with E-state index in [9.17, 15) is 4.79 Å². The second kappa shape index (κ2) is 6.86. The van der Waals surface area contributed by atoms with Crippen molar-refractivity contribution in [1.29, 1.82) is 0 Å². The summed E-state index contributed by atoms with van der Waals surface area (Å²) in [5.41, 5.74) is -0.277. The molecule has 1 heterocycles. The Morgan fingerprint density at radius 1 is 1.38 bits per heavy atom. The van der Waals surface area contributed by atoms with Crippen LogP contribution in [0, 0.1) is 5.41 Å². The average molecular weight is 229 g/mol. The van der Waals surface area contributed by atoms with Gasteiger partial charge in [0.1, 0.15) is 6.61 Å². The summed E-state index contributed by atoms with van der Waals surface area (Å²) in [4.78, 5) is 12.0. The molecule has 0 aliphatic carbocycles. The third kappa shape index (κ3) is 3.46. The first kappa shape index (κ1) is 13.5. The largest absolute Gasteiger partial charge is 0.463 e. The molecule has 0 bridgehead atoms. The number of rotatable bonds is 7. The van der Waals surface area contributed by atoms with E-state index in [0.717, 1.165) is 32.4 Å². The van der Waals surface area contributed by atoms with Gasteiger partial charge in [-0.2, -0.15) is 0 Å². The van der Waals surface area contributed by atoms with Crippen LogP contribution in [-0.2, 0) is 14.3 Å². The lowest BCUT2D eigenvalue weighted by atomic mass is 9.83. The first-order valence-electron chi connectivity index (χ1n) is 6.21. The molecule has 0 radical (unpaired) electrons. The van der Waals surface area contributed by atoms with E-state index >= 15 is 0 Å². The predicted molar refractivity (Wildman–Crippen MR) is 62.3 cm³/mol. The summed E-state index contributed by atoms with van der Waals surface area (Å²) in [6, 6.07) is 0. The number of nitrogens with one attached hydrogen (secondary N) is 1. The van der Waals surface area contributed by atoms with Gasteiger partial charge in [0, 0.05) is 13.2 Å². The van der Waals surface area contributed by atoms with Gasteiger partial charge in [-0.05, 0) is 26.3 Å². The number of carbonyl (C=O) groups excluding carboxylic acids is 1. The summed E-state index contributed by atoms with van der Waals surface area (Å²) in [6.45, 7) is 7.25. The van der Waals surface area contributed by atoms with E-state index in [-0.39, 0.29) is 11.4 Å². The molecule has 1 atom stereocenters. The fourth-order valence-corrected chi connectivity index (χ4v) is 2.20. The highest BCUT2D eigenvalue weighted by atomic mass is 16.6. The van der Waals surface area contributed by atoms with Gasteiger partial charge in [0.15, 0.2) is 0 Å². The molecule has 94 valence electrons. The molecular weight excluding hydrogens is 206 g/mol. The molecule has 1 aliphatic heterocycles. The number of esters is 1. The average Bonchev–Trinajstić information content (AvgIpc) is 2.74. The fraction of sp³-hybridized carbons (Fsp3) is 0.917. The van der Waals surface area contributed by atoms with Crippen molar-refractivity contribution in [2.75, 3.05) is 32.9 Å². The Morgan fingerprint density at radius 2 is 2.19 bits per heavy atom. The van der Waals surface area contributed by atoms with Crippen LogP contribution in [0.1, 0.15) is 33.1 Å². The van der Waals surface area contributed by atoms with Gasteiger partial charge in [0.2, 0.25) is 0 Å². The Bertz CT molecular complexity index is 212. The maximum absolute atomic E-state index is 12.0. The smallest absolute Gasteiger partial charge is 0.313 e. The number of hydrogen-bond donors (Lipinski definition) is 1. The second-order valence-corrected chi connectivity index (χ2v) is 4.29. The molecule has 0 spiro atoms. The number of carbonyl (C=O) groups is 1. The highest BCUT2D eigenvalue weighted by Gasteiger charge is 2.41. The van der Waals surface area contributed by atoms with Gasteiger partial charge in [-0.15, -0.1) is 0 Å². The van der Waals surface area contributed by atoms with E-state index in [0.29, 0.717) is 19.8 Å². The minimum atomic E-state index is -0.277. The molecule has 4 heteroatoms. The quantitative estimate of drug-likeness (QED) is 0.529. The molecule has 1 rings (SSSR count). The fourth-order valence-electron chi connectivity index (χ4n) is 2.20. The summed E-state index contributed by atoms with van der Waals surface area (Å²) in [7, 11) is 0. The van der Waals surface area contributed by atoms with Gasteiger partial charge < -0.3 is 14.8 Å². The van der Waals surface area contributed by atoms with Crippen molar-refractivity contribution in [2.24, 2.45) is 5.41 Å². The molecular formula is C12H23NO3. The summed E-state index contributed by atoms with van der Waals surface area (Å²) in [5, 5.41) is 3.25. The molecule has 0 amide bonds. The standard InChI is InChI=1S/C12H23NO3/c1-3-5-12(6-7-13-10-12)11(14)16-9-8-15-4-2/h13H,3-10H2,1-2H3. The van der Waals surface area contributed by atoms with E-state index in [2.05, 4.69) is 12.2 Å². The van der Waals surface area contributed by atoms with Crippen molar-refractivity contribution < 1.29 is 14.3 Å². The monoisotopic (exact) mass is 229 g/mol. The molecule has 1 N–H and O–H groups in total. The molecule has 0 aromatic heterocycles. The Morgan fingerprint density at radius 3 is 2.75 bits per heavy atom. The molecule has 4 nitrogen and oxygen atoms in total. The van der Waals surface area contributed by atoms with Gasteiger partial charge >= 0.3 is 5.97 Å². The summed E-state index contributed by atoms with van der Waals surface area (Å²) in [6.07, 6.45) is 2.82. The number of ether oxygens (including phenoxy) is 2. The molecule has 1 unspecified atom stereocenters. The zero-order valence-electron chi connectivity index (χ0n) is 10.4. The lowest BCUT2D eigenvalue weighted by Gasteiger charge is -2.25. The van der Waals surface area contributed by atoms with Crippen molar-refractivity contribution in [3.8, 4) is 0 Å². The van der Waals surface area contributed by atoms with Crippen LogP contribution in [0.4, 0.5) is 0 Å². The lowest BCUT2D eigenvalue weighted by Crippen LogP contribution is -2.35. The Hall–Kier alpha value is -0.610. The molecule has 1 fully saturated rings. The molecule has 0 aromatic carbocycles. The van der Waals surface area contributed by atoms with Crippen molar-refractivity contribution >= 4 is 5.97 Å². The van der Waals surface area contributed by atoms with Crippen molar-refractivity contribution in [3.05, 3.63) is 0 Å². The maximum atomic E-state index is 12.0. The Kier molecular flexibility index (Phi) is 5.77. The van der Waals surface area contributed by atoms with E-state index in [1.165, 1.54) is 0 Å². The highest BCUT2D eigenvalue weighted by Crippen LogP contribution is 2.32. The SMILES string of the molecule is CCCC1(C(=O)OCCOCC)CCNC1. The first-order chi connectivity index (χ1) is 7.75. The summed E-state index contributed by atoms with van der Waals surface area (Å²) >= 11 is 0. The van der Waals surface area contributed by atoms with Crippen LogP contribution < -0.4 is 5.32 Å². The minimum absolute atomic E-state index is 0.0564. The molecule has 16 heavy (non-hydrogen) atoms. The van der Waals surface area contributed by atoms with Crippen LogP contribution in [0.2, 0.25) is 0 Å². The van der Waals surface area contributed by atoms with Gasteiger partial charge in [-0.25, -0.2) is 0 Å². The highest BCUT2D eigenvalue weighted by molar-refractivity contribution is 5.77. The predicted octanol–water partition coefficient (Wildman–Crippen LogP) is 1.35. The topological polar surface area (TPSA) is 47.6 Å². The van der Waals surface area contributed by atoms with Crippen LogP contribution in [-0.4, -0.2) is 38.9 Å². The third-order valence-corrected chi connectivity index (χ3v) is 3.07. The summed E-state index contributed by atoms with van der Waals surface area (Å²) < 4.78 is 10.4. The molecule has 0 saturated carbocycles. The van der Waals surface area contributed by atoms with Crippen LogP contribution >= 0.6 is 0 Å². The Labute approximate surface area is 97.7 Å². The lowest BCUT2D eigenvalue weighted by molar-refractivity contribution is -0.156. The first-order valence-corrected chi connectivity index (χ1v) is 6.21. The normalized spacial score (nSPS) is 24.6. The van der Waals surface area contributed by atoms with E-state index in [1.54, 1.807) is 0 Å². The van der Waals surface area contributed by atoms with Gasteiger partial charge in [-0.1, -0.05) is 13.3 Å². The zero-order valence-corrected chi connectivity index (χ0v) is 10.4. The van der Waals surface area contributed by atoms with Crippen molar-refractivity contribution in [3.63, 3.8) is 0 Å². The van der Waals surface area contributed by atoms with E-state index < -0.39 is 0 Å². The zero-order chi connectivity index (χ0) is 11.9. The molecule has 0 aromatic rings. The van der Waals surface area contributed by atoms with Gasteiger partial charge in [-0.3, -0.25) is 4.79 Å². The van der Waals surface area contributed by atoms with Crippen LogP contribution in [0.15, 0.2) is 0 Å². The summed E-state index contributed by atoms with van der Waals surface area (Å²) in [5.74, 6) is -0.0564. The van der Waals surface area contributed by atoms with E-state index in [4.69, 9.17) is 9.47 Å². The minimum Gasteiger partial charge on any atom is -0.463 e. The van der Waals surface area contributed by atoms with Crippen LogP contribution in [0.3, 0.4) is 0 Å². The Balaban J connectivity index is 2.36. The maximum Gasteiger partial charge on any atom is 0.313 e. The van der Waals surface area contributed by atoms with Crippen LogP contribution in [0.25, 0.3) is 0 Å². The third-order valence-electron chi connectivity index (χ3n) is 3.07. The number of hydrogen-bond acceptors (Lipinski definition) is 4. The van der Waals surface area contributed by atoms with Crippen LogP contribution in [0.5, 0.6) is 0 Å². The van der Waals surface area contributed by atoms with Crippen molar-refractivity contribution in [1.82, 2.24) is 5.32 Å².